The molecule has 0 spiro atoms. The molecule has 5 rings (SSSR count). The number of para-hydroxylation sites is 2. The number of rotatable bonds is 5. The first-order valence-electron chi connectivity index (χ1n) is 10.4. The monoisotopic (exact) mass is 453 g/mol. The van der Waals surface area contributed by atoms with Gasteiger partial charge < -0.3 is 9.47 Å². The summed E-state index contributed by atoms with van der Waals surface area (Å²) in [6.07, 6.45) is 0. The van der Waals surface area contributed by atoms with Crippen LogP contribution in [0.4, 0.5) is 11.4 Å². The van der Waals surface area contributed by atoms with Gasteiger partial charge in [-0.25, -0.2) is 4.98 Å². The van der Waals surface area contributed by atoms with Gasteiger partial charge >= 0.3 is 0 Å². The summed E-state index contributed by atoms with van der Waals surface area (Å²) in [6.45, 7) is 0.978. The number of benzene rings is 3. The fraction of sp³-hybridized carbons (Fsp3) is 0.115. The first-order chi connectivity index (χ1) is 16.2. The lowest BCUT2D eigenvalue weighted by molar-refractivity contribution is -0.115. The molecule has 1 aliphatic rings. The zero-order valence-corrected chi connectivity index (χ0v) is 18.4. The van der Waals surface area contributed by atoms with Crippen molar-refractivity contribution >= 4 is 39.9 Å². The average molecular weight is 454 g/mol. The van der Waals surface area contributed by atoms with E-state index in [9.17, 15) is 10.1 Å². The van der Waals surface area contributed by atoms with Gasteiger partial charge in [-0.15, -0.1) is 0 Å². The SMILES string of the molecule is N#Cc1cc2cc3c(cc2nc1SCC(=O)N(c1ccccc1)c1ccccc1)OCCO3. The number of ether oxygens (including phenoxy) is 2. The summed E-state index contributed by atoms with van der Waals surface area (Å²) in [6, 6.07) is 26.7. The van der Waals surface area contributed by atoms with E-state index in [4.69, 9.17) is 9.47 Å². The van der Waals surface area contributed by atoms with Crippen molar-refractivity contribution in [2.45, 2.75) is 5.03 Å². The molecule has 0 radical (unpaired) electrons. The van der Waals surface area contributed by atoms with Gasteiger partial charge in [-0.05, 0) is 36.4 Å². The van der Waals surface area contributed by atoms with Crippen molar-refractivity contribution in [3.05, 3.63) is 84.4 Å². The minimum Gasteiger partial charge on any atom is -0.486 e. The van der Waals surface area contributed by atoms with Gasteiger partial charge in [0.2, 0.25) is 5.91 Å². The molecule has 0 unspecified atom stereocenters. The molecule has 33 heavy (non-hydrogen) atoms. The van der Waals surface area contributed by atoms with E-state index in [1.807, 2.05) is 72.8 Å². The second-order valence-electron chi connectivity index (χ2n) is 7.33. The summed E-state index contributed by atoms with van der Waals surface area (Å²) >= 11 is 1.25. The Labute approximate surface area is 195 Å². The average Bonchev–Trinajstić information content (AvgIpc) is 2.87. The van der Waals surface area contributed by atoms with Gasteiger partial charge in [0, 0.05) is 22.8 Å². The minimum absolute atomic E-state index is 0.106. The molecule has 0 saturated heterocycles. The Bertz CT molecular complexity index is 1310. The Morgan fingerprint density at radius 1 is 0.939 bits per heavy atom. The Balaban J connectivity index is 1.44. The molecule has 6 nitrogen and oxygen atoms in total. The summed E-state index contributed by atoms with van der Waals surface area (Å²) in [5.74, 6) is 1.31. The molecule has 3 aromatic carbocycles. The lowest BCUT2D eigenvalue weighted by Crippen LogP contribution is -2.27. The van der Waals surface area contributed by atoms with Gasteiger partial charge in [-0.3, -0.25) is 9.69 Å². The number of fused-ring (bicyclic) bond motifs is 2. The predicted octanol–water partition coefficient (Wildman–Crippen LogP) is 5.33. The second kappa shape index (κ2) is 9.23. The van der Waals surface area contributed by atoms with E-state index in [1.54, 1.807) is 11.0 Å². The number of carbonyl (C=O) groups excluding carboxylic acids is 1. The highest BCUT2D eigenvalue weighted by molar-refractivity contribution is 8.00. The first kappa shape index (κ1) is 20.9. The third-order valence-electron chi connectivity index (χ3n) is 5.17. The molecule has 162 valence electrons. The molecular weight excluding hydrogens is 434 g/mol. The number of nitrogens with zero attached hydrogens (tertiary/aromatic N) is 3. The van der Waals surface area contributed by atoms with Crippen LogP contribution in [0.5, 0.6) is 11.5 Å². The number of aromatic nitrogens is 1. The molecule has 0 aliphatic carbocycles. The molecule has 7 heteroatoms. The van der Waals surface area contributed by atoms with Crippen LogP contribution in [0, 0.1) is 11.3 Å². The van der Waals surface area contributed by atoms with Gasteiger partial charge in [0.1, 0.15) is 24.3 Å². The quantitative estimate of drug-likeness (QED) is 0.380. The molecule has 0 fully saturated rings. The van der Waals surface area contributed by atoms with Crippen LogP contribution in [-0.2, 0) is 4.79 Å². The maximum atomic E-state index is 13.3. The minimum atomic E-state index is -0.106. The van der Waals surface area contributed by atoms with Crippen LogP contribution in [0.3, 0.4) is 0 Å². The Hall–Kier alpha value is -4.02. The van der Waals surface area contributed by atoms with E-state index in [1.165, 1.54) is 11.8 Å². The van der Waals surface area contributed by atoms with Crippen molar-refractivity contribution in [3.63, 3.8) is 0 Å². The molecular formula is C26H19N3O3S. The predicted molar refractivity (Wildman–Crippen MR) is 128 cm³/mol. The third-order valence-corrected chi connectivity index (χ3v) is 6.15. The lowest BCUT2D eigenvalue weighted by atomic mass is 10.1. The van der Waals surface area contributed by atoms with Crippen LogP contribution in [0.25, 0.3) is 10.9 Å². The van der Waals surface area contributed by atoms with Crippen LogP contribution in [-0.4, -0.2) is 29.9 Å². The highest BCUT2D eigenvalue weighted by Gasteiger charge is 2.20. The Morgan fingerprint density at radius 2 is 1.55 bits per heavy atom. The third kappa shape index (κ3) is 4.34. The van der Waals surface area contributed by atoms with E-state index in [0.717, 1.165) is 16.8 Å². The molecule has 1 aromatic heterocycles. The van der Waals surface area contributed by atoms with Crippen LogP contribution in [0.1, 0.15) is 5.56 Å². The summed E-state index contributed by atoms with van der Waals surface area (Å²) in [5.41, 5.74) is 2.68. The second-order valence-corrected chi connectivity index (χ2v) is 8.29. The molecule has 0 atom stereocenters. The summed E-state index contributed by atoms with van der Waals surface area (Å²) in [7, 11) is 0. The van der Waals surface area contributed by atoms with E-state index >= 15 is 0 Å². The zero-order chi connectivity index (χ0) is 22.6. The molecule has 4 aromatic rings. The van der Waals surface area contributed by atoms with E-state index in [2.05, 4.69) is 11.1 Å². The standard InChI is InChI=1S/C26H19N3O3S/c27-16-19-13-18-14-23-24(32-12-11-31-23)15-22(18)28-26(19)33-17-25(30)29(20-7-3-1-4-8-20)21-9-5-2-6-10-21/h1-10,13-15H,11-12,17H2. The number of anilines is 2. The van der Waals surface area contributed by atoms with Crippen LogP contribution >= 0.6 is 11.8 Å². The van der Waals surface area contributed by atoms with Crippen LogP contribution in [0.2, 0.25) is 0 Å². The fourth-order valence-corrected chi connectivity index (χ4v) is 4.48. The van der Waals surface area contributed by atoms with E-state index in [0.29, 0.717) is 40.8 Å². The number of thioether (sulfide) groups is 1. The number of hydrogen-bond acceptors (Lipinski definition) is 6. The summed E-state index contributed by atoms with van der Waals surface area (Å²) in [5, 5.41) is 11.0. The van der Waals surface area contributed by atoms with Crippen molar-refractivity contribution in [1.82, 2.24) is 4.98 Å². The maximum absolute atomic E-state index is 13.3. The van der Waals surface area contributed by atoms with Crippen molar-refractivity contribution < 1.29 is 14.3 Å². The molecule has 0 N–H and O–H groups in total. The van der Waals surface area contributed by atoms with Crippen LogP contribution in [0.15, 0.2) is 83.9 Å². The normalized spacial score (nSPS) is 12.2. The number of carbonyl (C=O) groups is 1. The number of pyridine rings is 1. The Kier molecular flexibility index (Phi) is 5.83. The maximum Gasteiger partial charge on any atom is 0.241 e. The number of amides is 1. The molecule has 0 bridgehead atoms. The van der Waals surface area contributed by atoms with Crippen molar-refractivity contribution in [3.8, 4) is 17.6 Å². The van der Waals surface area contributed by atoms with E-state index < -0.39 is 0 Å². The smallest absolute Gasteiger partial charge is 0.241 e. The van der Waals surface area contributed by atoms with Gasteiger partial charge in [-0.2, -0.15) is 5.26 Å². The van der Waals surface area contributed by atoms with Crippen molar-refractivity contribution in [1.29, 1.82) is 5.26 Å². The number of hydrogen-bond donors (Lipinski definition) is 0. The van der Waals surface area contributed by atoms with Gasteiger partial charge in [-0.1, -0.05) is 48.2 Å². The largest absolute Gasteiger partial charge is 0.486 e. The summed E-state index contributed by atoms with van der Waals surface area (Å²) in [4.78, 5) is 19.7. The number of nitriles is 1. The van der Waals surface area contributed by atoms with Crippen LogP contribution < -0.4 is 14.4 Å². The van der Waals surface area contributed by atoms with Gasteiger partial charge in [0.15, 0.2) is 11.5 Å². The Morgan fingerprint density at radius 3 is 2.15 bits per heavy atom. The molecule has 2 heterocycles. The zero-order valence-electron chi connectivity index (χ0n) is 17.6. The summed E-state index contributed by atoms with van der Waals surface area (Å²) < 4.78 is 11.3. The molecule has 1 aliphatic heterocycles. The molecule has 0 saturated carbocycles. The molecule has 1 amide bonds. The highest BCUT2D eigenvalue weighted by Crippen LogP contribution is 2.36. The lowest BCUT2D eigenvalue weighted by Gasteiger charge is -2.23. The van der Waals surface area contributed by atoms with Crippen molar-refractivity contribution in [2.24, 2.45) is 0 Å². The van der Waals surface area contributed by atoms with E-state index in [-0.39, 0.29) is 11.7 Å². The topological polar surface area (TPSA) is 75.5 Å². The van der Waals surface area contributed by atoms with Crippen molar-refractivity contribution in [2.75, 3.05) is 23.9 Å². The highest BCUT2D eigenvalue weighted by atomic mass is 32.2. The fourth-order valence-electron chi connectivity index (χ4n) is 3.67. The van der Waals surface area contributed by atoms with Gasteiger partial charge in [0.25, 0.3) is 0 Å². The first-order valence-corrected chi connectivity index (χ1v) is 11.4. The van der Waals surface area contributed by atoms with Gasteiger partial charge in [0.05, 0.1) is 16.8 Å².